The van der Waals surface area contributed by atoms with Gasteiger partial charge in [-0.2, -0.15) is 5.10 Å². The molecule has 0 bridgehead atoms. The van der Waals surface area contributed by atoms with Gasteiger partial charge in [0.25, 0.3) is 5.91 Å². The van der Waals surface area contributed by atoms with Gasteiger partial charge in [0.05, 0.1) is 6.20 Å². The van der Waals surface area contributed by atoms with Crippen molar-refractivity contribution in [3.05, 3.63) is 60.9 Å². The first kappa shape index (κ1) is 15.3. The van der Waals surface area contributed by atoms with E-state index in [1.54, 1.807) is 19.2 Å². The van der Waals surface area contributed by atoms with E-state index < -0.39 is 5.60 Å². The first-order chi connectivity index (χ1) is 12.1. The maximum atomic E-state index is 12.7. The Morgan fingerprint density at radius 1 is 1.12 bits per heavy atom. The zero-order valence-electron chi connectivity index (χ0n) is 13.7. The number of nitrogens with zero attached hydrogens (tertiary/aromatic N) is 1. The van der Waals surface area contributed by atoms with E-state index in [1.165, 1.54) is 0 Å². The van der Waals surface area contributed by atoms with Gasteiger partial charge in [-0.1, -0.05) is 24.3 Å². The summed E-state index contributed by atoms with van der Waals surface area (Å²) in [7, 11) is 0. The third-order valence-electron chi connectivity index (χ3n) is 4.14. The minimum atomic E-state index is -1.09. The summed E-state index contributed by atoms with van der Waals surface area (Å²) in [5.74, 6) is 0.969. The van der Waals surface area contributed by atoms with E-state index in [0.717, 1.165) is 11.1 Å². The highest BCUT2D eigenvalue weighted by Crippen LogP contribution is 2.35. The van der Waals surface area contributed by atoms with Gasteiger partial charge >= 0.3 is 0 Å². The maximum absolute atomic E-state index is 12.7. The van der Waals surface area contributed by atoms with Crippen LogP contribution in [0.25, 0.3) is 11.1 Å². The number of anilines is 1. The number of para-hydroxylation sites is 2. The number of fused-ring (bicyclic) bond motifs is 1. The minimum Gasteiger partial charge on any atom is -0.485 e. The lowest BCUT2D eigenvalue weighted by Crippen LogP contribution is -2.52. The number of carbonyl (C=O) groups excluding carboxylic acids is 1. The van der Waals surface area contributed by atoms with Crippen molar-refractivity contribution in [3.8, 4) is 22.6 Å². The second-order valence-electron chi connectivity index (χ2n) is 6.09. The quantitative estimate of drug-likeness (QED) is 0.770. The highest BCUT2D eigenvalue weighted by atomic mass is 16.6. The fourth-order valence-electron chi connectivity index (χ4n) is 2.67. The van der Waals surface area contributed by atoms with E-state index in [2.05, 4.69) is 15.5 Å². The molecule has 2 aromatic carbocycles. The number of amides is 1. The summed E-state index contributed by atoms with van der Waals surface area (Å²) < 4.78 is 11.6. The molecule has 1 atom stereocenters. The number of hydrogen-bond donors (Lipinski definition) is 2. The lowest BCUT2D eigenvalue weighted by Gasteiger charge is -2.34. The second kappa shape index (κ2) is 5.98. The first-order valence-corrected chi connectivity index (χ1v) is 7.96. The highest BCUT2D eigenvalue weighted by molar-refractivity contribution is 5.97. The smallest absolute Gasteiger partial charge is 0.271 e. The molecular weight excluding hydrogens is 318 g/mol. The molecule has 2 heterocycles. The molecule has 6 heteroatoms. The van der Waals surface area contributed by atoms with Gasteiger partial charge in [0, 0.05) is 17.4 Å². The monoisotopic (exact) mass is 335 g/mol. The Morgan fingerprint density at radius 3 is 2.60 bits per heavy atom. The molecule has 0 spiro atoms. The van der Waals surface area contributed by atoms with Crippen LogP contribution in [0, 0.1) is 0 Å². The Labute approximate surface area is 144 Å². The average molecular weight is 335 g/mol. The largest absolute Gasteiger partial charge is 0.485 e. The molecule has 4 rings (SSSR count). The number of hydrogen-bond acceptors (Lipinski definition) is 4. The standard InChI is InChI=1S/C19H17N3O3/c1-19(12-24-16-4-2-3-5-17(16)25-19)18(23)22-15-8-6-13(7-9-15)14-10-20-21-11-14/h2-11H,12H2,1H3,(H,20,21)(H,22,23). The summed E-state index contributed by atoms with van der Waals surface area (Å²) in [5, 5.41) is 9.60. The minimum absolute atomic E-state index is 0.156. The summed E-state index contributed by atoms with van der Waals surface area (Å²) in [6.45, 7) is 1.88. The molecule has 3 aromatic rings. The number of nitrogens with one attached hydrogen (secondary N) is 2. The average Bonchev–Trinajstić information content (AvgIpc) is 3.17. The van der Waals surface area contributed by atoms with Crippen LogP contribution in [0.4, 0.5) is 5.69 Å². The number of H-pyrrole nitrogens is 1. The fraction of sp³-hybridized carbons (Fsp3) is 0.158. The van der Waals surface area contributed by atoms with Crippen molar-refractivity contribution in [2.45, 2.75) is 12.5 Å². The number of carbonyl (C=O) groups is 1. The van der Waals surface area contributed by atoms with Crippen molar-refractivity contribution in [3.63, 3.8) is 0 Å². The van der Waals surface area contributed by atoms with Gasteiger partial charge in [-0.3, -0.25) is 9.89 Å². The molecule has 0 saturated heterocycles. The van der Waals surface area contributed by atoms with Crippen molar-refractivity contribution in [2.75, 3.05) is 11.9 Å². The number of benzene rings is 2. The number of aromatic amines is 1. The van der Waals surface area contributed by atoms with Crippen LogP contribution in [0.3, 0.4) is 0 Å². The summed E-state index contributed by atoms with van der Waals surface area (Å²) in [6, 6.07) is 14.9. The van der Waals surface area contributed by atoms with Gasteiger partial charge in [-0.15, -0.1) is 0 Å². The van der Waals surface area contributed by atoms with Crippen LogP contribution in [0.15, 0.2) is 60.9 Å². The van der Waals surface area contributed by atoms with Gasteiger partial charge in [-0.25, -0.2) is 0 Å². The molecule has 1 unspecified atom stereocenters. The lowest BCUT2D eigenvalue weighted by molar-refractivity contribution is -0.134. The van der Waals surface area contributed by atoms with E-state index >= 15 is 0 Å². The molecule has 1 aromatic heterocycles. The van der Waals surface area contributed by atoms with Gasteiger partial charge in [-0.05, 0) is 36.8 Å². The van der Waals surface area contributed by atoms with Crippen molar-refractivity contribution in [1.29, 1.82) is 0 Å². The Kier molecular flexibility index (Phi) is 3.65. The third kappa shape index (κ3) is 2.94. The molecule has 0 fully saturated rings. The molecule has 25 heavy (non-hydrogen) atoms. The highest BCUT2D eigenvalue weighted by Gasteiger charge is 2.40. The van der Waals surface area contributed by atoms with Gasteiger partial charge in [0.1, 0.15) is 6.61 Å². The van der Waals surface area contributed by atoms with E-state index in [4.69, 9.17) is 9.47 Å². The van der Waals surface area contributed by atoms with E-state index in [1.807, 2.05) is 48.7 Å². The molecule has 1 aliphatic rings. The van der Waals surface area contributed by atoms with Crippen LogP contribution >= 0.6 is 0 Å². The van der Waals surface area contributed by atoms with Crippen LogP contribution in [0.2, 0.25) is 0 Å². The van der Waals surface area contributed by atoms with Crippen LogP contribution in [-0.2, 0) is 4.79 Å². The Balaban J connectivity index is 1.48. The van der Waals surface area contributed by atoms with Crippen molar-refractivity contribution in [1.82, 2.24) is 10.2 Å². The Bertz CT molecular complexity index is 891. The van der Waals surface area contributed by atoms with Crippen molar-refractivity contribution in [2.24, 2.45) is 0 Å². The van der Waals surface area contributed by atoms with Gasteiger partial charge in [0.15, 0.2) is 11.5 Å². The molecule has 1 aliphatic heterocycles. The molecule has 1 amide bonds. The normalized spacial score (nSPS) is 18.6. The first-order valence-electron chi connectivity index (χ1n) is 7.96. The summed E-state index contributed by atoms with van der Waals surface area (Å²) in [6.07, 6.45) is 3.57. The van der Waals surface area contributed by atoms with Crippen LogP contribution in [-0.4, -0.2) is 28.3 Å². The molecule has 6 nitrogen and oxygen atoms in total. The zero-order chi connectivity index (χ0) is 17.3. The number of aromatic nitrogens is 2. The van der Waals surface area contributed by atoms with E-state index in [0.29, 0.717) is 17.2 Å². The van der Waals surface area contributed by atoms with Gasteiger partial charge in [0.2, 0.25) is 5.60 Å². The van der Waals surface area contributed by atoms with Gasteiger partial charge < -0.3 is 14.8 Å². The van der Waals surface area contributed by atoms with E-state index in [9.17, 15) is 4.79 Å². The van der Waals surface area contributed by atoms with Crippen LogP contribution in [0.1, 0.15) is 6.92 Å². The predicted octanol–water partition coefficient (Wildman–Crippen LogP) is 3.25. The van der Waals surface area contributed by atoms with E-state index in [-0.39, 0.29) is 12.5 Å². The maximum Gasteiger partial charge on any atom is 0.271 e. The predicted molar refractivity (Wildman–Crippen MR) is 93.6 cm³/mol. The molecule has 0 radical (unpaired) electrons. The fourth-order valence-corrected chi connectivity index (χ4v) is 2.67. The molecular formula is C19H17N3O3. The molecule has 2 N–H and O–H groups in total. The second-order valence-corrected chi connectivity index (χ2v) is 6.09. The summed E-state index contributed by atoms with van der Waals surface area (Å²) in [5.41, 5.74) is 1.62. The zero-order valence-corrected chi connectivity index (χ0v) is 13.7. The van der Waals surface area contributed by atoms with Crippen LogP contribution in [0.5, 0.6) is 11.5 Å². The molecule has 126 valence electrons. The number of rotatable bonds is 3. The van der Waals surface area contributed by atoms with Crippen molar-refractivity contribution >= 4 is 11.6 Å². The Hall–Kier alpha value is -3.28. The molecule has 0 aliphatic carbocycles. The lowest BCUT2D eigenvalue weighted by atomic mass is 10.0. The van der Waals surface area contributed by atoms with Crippen molar-refractivity contribution < 1.29 is 14.3 Å². The SMILES string of the molecule is CC1(C(=O)Nc2ccc(-c3cn[nH]c3)cc2)COc2ccccc2O1. The summed E-state index contributed by atoms with van der Waals surface area (Å²) in [4.78, 5) is 12.7. The number of ether oxygens (including phenoxy) is 2. The van der Waals surface area contributed by atoms with Crippen LogP contribution < -0.4 is 14.8 Å². The topological polar surface area (TPSA) is 76.2 Å². The summed E-state index contributed by atoms with van der Waals surface area (Å²) >= 11 is 0. The Morgan fingerprint density at radius 2 is 1.88 bits per heavy atom. The molecule has 0 saturated carbocycles. The third-order valence-corrected chi connectivity index (χ3v) is 4.14.